The number of carbonyl (C=O) groups excluding carboxylic acids is 1. The molecule has 0 aromatic heterocycles. The molecule has 90 valence electrons. The van der Waals surface area contributed by atoms with Crippen LogP contribution in [0.5, 0.6) is 0 Å². The van der Waals surface area contributed by atoms with Gasteiger partial charge in [-0.05, 0) is 30.8 Å². The molecular formula is C12H13ClN2O2. The number of halogens is 1. The second-order valence-electron chi connectivity index (χ2n) is 4.54. The first kappa shape index (κ1) is 10.9. The molecule has 1 amide bonds. The lowest BCUT2D eigenvalue weighted by Gasteiger charge is -2.19. The summed E-state index contributed by atoms with van der Waals surface area (Å²) in [5.74, 6) is 0. The van der Waals surface area contributed by atoms with E-state index < -0.39 is 0 Å². The van der Waals surface area contributed by atoms with Crippen molar-refractivity contribution in [1.29, 1.82) is 0 Å². The summed E-state index contributed by atoms with van der Waals surface area (Å²) in [4.78, 5) is 13.5. The van der Waals surface area contributed by atoms with Crippen LogP contribution >= 0.6 is 11.6 Å². The maximum atomic E-state index is 11.9. The zero-order chi connectivity index (χ0) is 11.9. The van der Waals surface area contributed by atoms with E-state index in [2.05, 4.69) is 5.32 Å². The Bertz CT molecular complexity index is 440. The molecule has 0 aliphatic carbocycles. The van der Waals surface area contributed by atoms with E-state index >= 15 is 0 Å². The molecule has 3 rings (SSSR count). The molecule has 0 saturated carbocycles. The summed E-state index contributed by atoms with van der Waals surface area (Å²) in [6, 6.07) is 7.24. The average molecular weight is 253 g/mol. The Hall–Kier alpha value is -1.26. The number of rotatable bonds is 1. The molecule has 1 aromatic carbocycles. The first-order valence-corrected chi connectivity index (χ1v) is 6.03. The van der Waals surface area contributed by atoms with Crippen molar-refractivity contribution in [2.75, 3.05) is 24.5 Å². The standard InChI is InChI=1S/C12H13ClN2O2/c13-9-1-3-10(4-2-9)15-8-12(17-11(15)16)5-6-14-7-12/h1-4,14H,5-8H2/t12-/m1/s1. The van der Waals surface area contributed by atoms with Crippen LogP contribution in [0.2, 0.25) is 5.02 Å². The topological polar surface area (TPSA) is 41.6 Å². The fraction of sp³-hybridized carbons (Fsp3) is 0.417. The fourth-order valence-electron chi connectivity index (χ4n) is 2.39. The van der Waals surface area contributed by atoms with Crippen LogP contribution in [-0.4, -0.2) is 31.3 Å². The summed E-state index contributed by atoms with van der Waals surface area (Å²) in [5.41, 5.74) is 0.500. The summed E-state index contributed by atoms with van der Waals surface area (Å²) in [7, 11) is 0. The van der Waals surface area contributed by atoms with Gasteiger partial charge in [0.2, 0.25) is 0 Å². The first-order valence-electron chi connectivity index (χ1n) is 5.65. The van der Waals surface area contributed by atoms with E-state index in [9.17, 15) is 4.79 Å². The van der Waals surface area contributed by atoms with Gasteiger partial charge >= 0.3 is 6.09 Å². The molecule has 1 aromatic rings. The molecule has 1 N–H and O–H groups in total. The number of nitrogens with one attached hydrogen (secondary N) is 1. The second kappa shape index (κ2) is 3.89. The Morgan fingerprint density at radius 1 is 1.35 bits per heavy atom. The van der Waals surface area contributed by atoms with Gasteiger partial charge in [-0.15, -0.1) is 0 Å². The van der Waals surface area contributed by atoms with Crippen molar-refractivity contribution in [3.05, 3.63) is 29.3 Å². The van der Waals surface area contributed by atoms with E-state index in [0.29, 0.717) is 11.6 Å². The lowest BCUT2D eigenvalue weighted by Crippen LogP contribution is -2.36. The minimum absolute atomic E-state index is 0.268. The van der Waals surface area contributed by atoms with E-state index in [1.54, 1.807) is 17.0 Å². The zero-order valence-electron chi connectivity index (χ0n) is 9.28. The molecule has 4 nitrogen and oxygen atoms in total. The third kappa shape index (κ3) is 1.87. The zero-order valence-corrected chi connectivity index (χ0v) is 10.0. The summed E-state index contributed by atoms with van der Waals surface area (Å²) < 4.78 is 5.50. The Morgan fingerprint density at radius 3 is 2.76 bits per heavy atom. The maximum absolute atomic E-state index is 11.9. The van der Waals surface area contributed by atoms with Crippen molar-refractivity contribution in [2.45, 2.75) is 12.0 Å². The van der Waals surface area contributed by atoms with Crippen molar-refractivity contribution in [2.24, 2.45) is 0 Å². The quantitative estimate of drug-likeness (QED) is 0.832. The van der Waals surface area contributed by atoms with Crippen LogP contribution < -0.4 is 10.2 Å². The van der Waals surface area contributed by atoms with Gasteiger partial charge < -0.3 is 10.1 Å². The van der Waals surface area contributed by atoms with Gasteiger partial charge in [0.15, 0.2) is 0 Å². The normalized spacial score (nSPS) is 27.8. The van der Waals surface area contributed by atoms with Crippen molar-refractivity contribution >= 4 is 23.4 Å². The third-order valence-corrected chi connectivity index (χ3v) is 3.57. The highest BCUT2D eigenvalue weighted by atomic mass is 35.5. The fourth-order valence-corrected chi connectivity index (χ4v) is 2.51. The third-order valence-electron chi connectivity index (χ3n) is 3.31. The molecule has 0 bridgehead atoms. The lowest BCUT2D eigenvalue weighted by molar-refractivity contribution is 0.0733. The van der Waals surface area contributed by atoms with Crippen LogP contribution in [0.1, 0.15) is 6.42 Å². The Morgan fingerprint density at radius 2 is 2.12 bits per heavy atom. The highest BCUT2D eigenvalue weighted by Gasteiger charge is 2.47. The van der Waals surface area contributed by atoms with Gasteiger partial charge in [0.25, 0.3) is 0 Å². The number of amides is 1. The molecule has 0 radical (unpaired) electrons. The van der Waals surface area contributed by atoms with E-state index in [4.69, 9.17) is 16.3 Å². The van der Waals surface area contributed by atoms with Crippen molar-refractivity contribution in [3.8, 4) is 0 Å². The summed E-state index contributed by atoms with van der Waals surface area (Å²) in [5, 5.41) is 3.90. The molecule has 17 heavy (non-hydrogen) atoms. The van der Waals surface area contributed by atoms with Gasteiger partial charge in [-0.3, -0.25) is 4.90 Å². The minimum Gasteiger partial charge on any atom is -0.439 e. The number of hydrogen-bond donors (Lipinski definition) is 1. The largest absolute Gasteiger partial charge is 0.439 e. The van der Waals surface area contributed by atoms with Crippen molar-refractivity contribution < 1.29 is 9.53 Å². The highest BCUT2D eigenvalue weighted by Crippen LogP contribution is 2.32. The number of hydrogen-bond acceptors (Lipinski definition) is 3. The second-order valence-corrected chi connectivity index (χ2v) is 4.98. The number of anilines is 1. The molecule has 2 fully saturated rings. The summed E-state index contributed by atoms with van der Waals surface area (Å²) in [6.45, 7) is 2.25. The number of ether oxygens (including phenoxy) is 1. The molecule has 1 spiro atoms. The Labute approximate surface area is 104 Å². The summed E-state index contributed by atoms with van der Waals surface area (Å²) >= 11 is 5.83. The summed E-state index contributed by atoms with van der Waals surface area (Å²) in [6.07, 6.45) is 0.610. The van der Waals surface area contributed by atoms with Gasteiger partial charge in [0.1, 0.15) is 5.60 Å². The number of benzene rings is 1. The monoisotopic (exact) mass is 252 g/mol. The van der Waals surface area contributed by atoms with Crippen LogP contribution in [0.15, 0.2) is 24.3 Å². The van der Waals surface area contributed by atoms with Gasteiger partial charge in [-0.1, -0.05) is 11.6 Å². The van der Waals surface area contributed by atoms with Crippen molar-refractivity contribution in [1.82, 2.24) is 5.32 Å². The van der Waals surface area contributed by atoms with E-state index in [1.165, 1.54) is 0 Å². The number of carbonyl (C=O) groups is 1. The smallest absolute Gasteiger partial charge is 0.415 e. The van der Waals surface area contributed by atoms with Crippen LogP contribution in [0.25, 0.3) is 0 Å². The lowest BCUT2D eigenvalue weighted by atomic mass is 10.0. The minimum atomic E-state index is -0.337. The molecule has 2 aliphatic heterocycles. The number of nitrogens with zero attached hydrogens (tertiary/aromatic N) is 1. The van der Waals surface area contributed by atoms with Crippen molar-refractivity contribution in [3.63, 3.8) is 0 Å². The van der Waals surface area contributed by atoms with Gasteiger partial charge in [-0.2, -0.15) is 0 Å². The maximum Gasteiger partial charge on any atom is 0.415 e. The molecule has 5 heteroatoms. The first-order chi connectivity index (χ1) is 8.19. The molecular weight excluding hydrogens is 240 g/mol. The predicted octanol–water partition coefficient (Wildman–Crippen LogP) is 2.03. The van der Waals surface area contributed by atoms with E-state index in [0.717, 1.165) is 25.2 Å². The average Bonchev–Trinajstić information content (AvgIpc) is 2.88. The van der Waals surface area contributed by atoms with Gasteiger partial charge in [-0.25, -0.2) is 4.79 Å². The molecule has 2 aliphatic rings. The van der Waals surface area contributed by atoms with Crippen LogP contribution in [0.3, 0.4) is 0 Å². The van der Waals surface area contributed by atoms with E-state index in [1.807, 2.05) is 12.1 Å². The van der Waals surface area contributed by atoms with Gasteiger partial charge in [0, 0.05) is 23.7 Å². The molecule has 2 heterocycles. The Balaban J connectivity index is 1.85. The molecule has 1 atom stereocenters. The molecule has 0 unspecified atom stereocenters. The van der Waals surface area contributed by atoms with E-state index in [-0.39, 0.29) is 11.7 Å². The predicted molar refractivity (Wildman–Crippen MR) is 65.5 cm³/mol. The van der Waals surface area contributed by atoms with Crippen LogP contribution in [-0.2, 0) is 4.74 Å². The van der Waals surface area contributed by atoms with Gasteiger partial charge in [0.05, 0.1) is 6.54 Å². The van der Waals surface area contributed by atoms with Crippen LogP contribution in [0.4, 0.5) is 10.5 Å². The SMILES string of the molecule is O=C1O[C@@]2(CCNC2)CN1c1ccc(Cl)cc1. The molecule has 2 saturated heterocycles. The highest BCUT2D eigenvalue weighted by molar-refractivity contribution is 6.30. The Kier molecular flexibility index (Phi) is 2.49. The van der Waals surface area contributed by atoms with Crippen LogP contribution in [0, 0.1) is 0 Å².